The first-order valence-corrected chi connectivity index (χ1v) is 23.6. The van der Waals surface area contributed by atoms with Crippen LogP contribution < -0.4 is 34.1 Å². The number of aromatic nitrogens is 6. The van der Waals surface area contributed by atoms with Crippen LogP contribution in [0.4, 0.5) is 0 Å². The standard InChI is InChI=1S/C18H35N3O9Si2.C15H25N3O6Si/c1-8-11-19-16(22)20(12-9-14-31(25-2,26-3)27-4)18(24)21(17(19)23)13-10-15-32(28-5,29-6)30-7;1-6-9-16-13(19)17(10-7-2)15(21)18(14(16)20)11-8-12-25(22-3,23-4)24-5/h8H,1,9-15H2,2-7H3;6-7H,1-2,8-12H2,3-5H3. The maximum atomic E-state index is 13.0. The zero-order valence-corrected chi connectivity index (χ0v) is 37.6. The smallest absolute Gasteiger partial charge is 0.377 e. The molecule has 0 radical (unpaired) electrons. The molecule has 0 saturated carbocycles. The SMILES string of the molecule is C=CCn1c(=O)n(CC=C)c(=O)n(CCC[Si](OC)(OC)OC)c1=O.C=CCn1c(=O)n(CCC[Si](OC)(OC)OC)c(=O)n(CCC[Si](OC)(OC)OC)c1=O. The highest BCUT2D eigenvalue weighted by Gasteiger charge is 2.39. The van der Waals surface area contributed by atoms with Crippen LogP contribution in [-0.4, -0.2) is 118 Å². The third-order valence-electron chi connectivity index (χ3n) is 9.10. The first-order valence-electron chi connectivity index (χ1n) is 17.8. The fourth-order valence-electron chi connectivity index (χ4n) is 5.82. The number of hydrogen-bond acceptors (Lipinski definition) is 15. The summed E-state index contributed by atoms with van der Waals surface area (Å²) in [5, 5.41) is 0. The van der Waals surface area contributed by atoms with Crippen molar-refractivity contribution in [2.45, 2.75) is 76.7 Å². The highest BCUT2D eigenvalue weighted by molar-refractivity contribution is 6.61. The monoisotopic (exact) mass is 864 g/mol. The fraction of sp³-hybridized carbons (Fsp3) is 0.636. The van der Waals surface area contributed by atoms with E-state index in [-0.39, 0.29) is 39.3 Å². The second-order valence-corrected chi connectivity index (χ2v) is 21.3. The van der Waals surface area contributed by atoms with Crippen LogP contribution in [0.1, 0.15) is 19.3 Å². The van der Waals surface area contributed by atoms with E-state index < -0.39 is 60.6 Å². The number of hydrogen-bond donors (Lipinski definition) is 0. The van der Waals surface area contributed by atoms with Crippen molar-refractivity contribution in [3.8, 4) is 0 Å². The lowest BCUT2D eigenvalue weighted by molar-refractivity contribution is 0.122. The lowest BCUT2D eigenvalue weighted by Gasteiger charge is -2.24. The van der Waals surface area contributed by atoms with Gasteiger partial charge in [-0.05, 0) is 19.3 Å². The minimum atomic E-state index is -2.86. The zero-order chi connectivity index (χ0) is 43.4. The molecule has 57 heavy (non-hydrogen) atoms. The van der Waals surface area contributed by atoms with Gasteiger partial charge in [0.1, 0.15) is 0 Å². The van der Waals surface area contributed by atoms with Gasteiger partial charge in [-0.25, -0.2) is 56.2 Å². The van der Waals surface area contributed by atoms with Crippen LogP contribution >= 0.6 is 0 Å². The Hall–Kier alpha value is -3.67. The molecule has 0 saturated heterocycles. The van der Waals surface area contributed by atoms with E-state index >= 15 is 0 Å². The van der Waals surface area contributed by atoms with Crippen molar-refractivity contribution in [2.24, 2.45) is 0 Å². The van der Waals surface area contributed by atoms with Crippen LogP contribution in [0.5, 0.6) is 0 Å². The van der Waals surface area contributed by atoms with Gasteiger partial charge >= 0.3 is 60.6 Å². The molecular formula is C33H60N6O15Si3. The molecule has 0 aliphatic rings. The van der Waals surface area contributed by atoms with Crippen molar-refractivity contribution in [3.63, 3.8) is 0 Å². The maximum Gasteiger partial charge on any atom is 0.500 e. The Bertz CT molecular complexity index is 1820. The van der Waals surface area contributed by atoms with Crippen molar-refractivity contribution in [3.05, 3.63) is 101 Å². The normalized spacial score (nSPS) is 11.9. The first kappa shape index (κ1) is 51.3. The molecule has 2 rings (SSSR count). The van der Waals surface area contributed by atoms with Crippen molar-refractivity contribution in [1.82, 2.24) is 27.4 Å². The Balaban J connectivity index is 0.000000587. The van der Waals surface area contributed by atoms with Gasteiger partial charge in [0, 0.05) is 102 Å². The van der Waals surface area contributed by atoms with E-state index in [1.807, 2.05) is 0 Å². The summed E-state index contributed by atoms with van der Waals surface area (Å²) in [6.07, 6.45) is 5.46. The summed E-state index contributed by atoms with van der Waals surface area (Å²) in [6.45, 7) is 10.9. The summed E-state index contributed by atoms with van der Waals surface area (Å²) >= 11 is 0. The summed E-state index contributed by atoms with van der Waals surface area (Å²) in [5.41, 5.74) is -4.08. The average Bonchev–Trinajstić information content (AvgIpc) is 3.23. The quantitative estimate of drug-likeness (QED) is 0.0834. The van der Waals surface area contributed by atoms with E-state index in [0.717, 1.165) is 27.4 Å². The molecule has 324 valence electrons. The first-order chi connectivity index (χ1) is 27.1. The molecule has 0 unspecified atom stereocenters. The topological polar surface area (TPSA) is 215 Å². The van der Waals surface area contributed by atoms with Gasteiger partial charge in [0.15, 0.2) is 0 Å². The van der Waals surface area contributed by atoms with E-state index in [2.05, 4.69) is 19.7 Å². The van der Waals surface area contributed by atoms with Gasteiger partial charge < -0.3 is 39.8 Å². The molecule has 2 heterocycles. The summed E-state index contributed by atoms with van der Waals surface area (Å²) < 4.78 is 54.3. The van der Waals surface area contributed by atoms with Gasteiger partial charge in [-0.15, -0.1) is 19.7 Å². The molecule has 2 aromatic rings. The Morgan fingerprint density at radius 3 is 0.719 bits per heavy atom. The van der Waals surface area contributed by atoms with Gasteiger partial charge in [-0.1, -0.05) is 18.2 Å². The predicted octanol–water partition coefficient (Wildman–Crippen LogP) is -0.294. The van der Waals surface area contributed by atoms with Gasteiger partial charge in [0.05, 0.1) is 19.6 Å². The van der Waals surface area contributed by atoms with Gasteiger partial charge in [0.25, 0.3) is 0 Å². The average molecular weight is 865 g/mol. The third kappa shape index (κ3) is 12.9. The minimum absolute atomic E-state index is 0.0159. The molecule has 0 fully saturated rings. The molecule has 2 aromatic heterocycles. The van der Waals surface area contributed by atoms with Crippen LogP contribution in [0.2, 0.25) is 18.1 Å². The lowest BCUT2D eigenvalue weighted by atomic mass is 10.4. The van der Waals surface area contributed by atoms with Gasteiger partial charge in [-0.3, -0.25) is 0 Å². The molecule has 0 amide bonds. The highest BCUT2D eigenvalue weighted by Crippen LogP contribution is 2.17. The molecule has 24 heteroatoms. The predicted molar refractivity (Wildman–Crippen MR) is 218 cm³/mol. The van der Waals surface area contributed by atoms with Gasteiger partial charge in [-0.2, -0.15) is 0 Å². The number of rotatable bonds is 27. The summed E-state index contributed by atoms with van der Waals surface area (Å²) in [4.78, 5) is 75.9. The number of allylic oxidation sites excluding steroid dienone is 3. The molecule has 0 aromatic carbocycles. The van der Waals surface area contributed by atoms with Crippen LogP contribution in [0, 0.1) is 0 Å². The molecular weight excluding hydrogens is 805 g/mol. The second-order valence-electron chi connectivity index (χ2n) is 12.0. The summed E-state index contributed by atoms with van der Waals surface area (Å²) in [7, 11) is 4.91. The van der Waals surface area contributed by atoms with Crippen molar-refractivity contribution < 1.29 is 39.8 Å². The van der Waals surface area contributed by atoms with E-state index in [1.165, 1.54) is 82.2 Å². The Morgan fingerprint density at radius 1 is 0.368 bits per heavy atom. The maximum absolute atomic E-state index is 13.0. The van der Waals surface area contributed by atoms with Crippen LogP contribution in [0.3, 0.4) is 0 Å². The summed E-state index contributed by atoms with van der Waals surface area (Å²) in [5.74, 6) is 0. The minimum Gasteiger partial charge on any atom is -0.377 e. The van der Waals surface area contributed by atoms with Crippen molar-refractivity contribution >= 4 is 26.4 Å². The molecule has 0 aliphatic heterocycles. The van der Waals surface area contributed by atoms with E-state index in [0.29, 0.717) is 37.4 Å². The van der Waals surface area contributed by atoms with Crippen LogP contribution in [0.15, 0.2) is 66.7 Å². The van der Waals surface area contributed by atoms with Crippen LogP contribution in [0.25, 0.3) is 0 Å². The molecule has 0 spiro atoms. The zero-order valence-electron chi connectivity index (χ0n) is 34.6. The molecule has 0 atom stereocenters. The number of nitrogens with zero attached hydrogens (tertiary/aromatic N) is 6. The van der Waals surface area contributed by atoms with Crippen molar-refractivity contribution in [1.29, 1.82) is 0 Å². The Kier molecular flexibility index (Phi) is 22.5. The summed E-state index contributed by atoms with van der Waals surface area (Å²) in [6, 6.07) is 1.21. The van der Waals surface area contributed by atoms with Gasteiger partial charge in [0.2, 0.25) is 0 Å². The fourth-order valence-corrected chi connectivity index (χ4v) is 10.9. The molecule has 21 nitrogen and oxygen atoms in total. The second kappa shape index (κ2) is 25.0. The van der Waals surface area contributed by atoms with E-state index in [1.54, 1.807) is 0 Å². The van der Waals surface area contributed by atoms with E-state index in [9.17, 15) is 28.8 Å². The highest BCUT2D eigenvalue weighted by atomic mass is 28.4. The Labute approximate surface area is 334 Å². The molecule has 0 N–H and O–H groups in total. The third-order valence-corrected chi connectivity index (χ3v) is 17.6. The molecule has 0 bridgehead atoms. The van der Waals surface area contributed by atoms with Crippen LogP contribution in [-0.2, 0) is 79.1 Å². The lowest BCUT2D eigenvalue weighted by Crippen LogP contribution is -2.54. The largest absolute Gasteiger partial charge is 0.500 e. The van der Waals surface area contributed by atoms with E-state index in [4.69, 9.17) is 39.8 Å². The molecule has 0 aliphatic carbocycles. The Morgan fingerprint density at radius 2 is 0.544 bits per heavy atom. The van der Waals surface area contributed by atoms with Crippen molar-refractivity contribution in [2.75, 3.05) is 64.0 Å².